The van der Waals surface area contributed by atoms with Gasteiger partial charge in [0.15, 0.2) is 5.96 Å². The third kappa shape index (κ3) is 6.25. The number of rotatable bonds is 6. The van der Waals surface area contributed by atoms with Crippen molar-refractivity contribution < 1.29 is 4.79 Å². The number of aromatic nitrogens is 1. The van der Waals surface area contributed by atoms with E-state index in [9.17, 15) is 4.79 Å². The summed E-state index contributed by atoms with van der Waals surface area (Å²) < 4.78 is 0. The largest absolute Gasteiger partial charge is 0.357 e. The fourth-order valence-electron chi connectivity index (χ4n) is 2.77. The first kappa shape index (κ1) is 19.0. The van der Waals surface area contributed by atoms with E-state index in [1.54, 1.807) is 0 Å². The molecule has 1 amide bonds. The summed E-state index contributed by atoms with van der Waals surface area (Å²) in [6.45, 7) is 10.9. The van der Waals surface area contributed by atoms with Crippen LogP contribution in [0.1, 0.15) is 27.2 Å². The van der Waals surface area contributed by atoms with Gasteiger partial charge in [0.2, 0.25) is 5.91 Å². The smallest absolute Gasteiger partial charge is 0.222 e. The van der Waals surface area contributed by atoms with Crippen molar-refractivity contribution in [1.82, 2.24) is 20.5 Å². The monoisotopic (exact) mass is 346 g/mol. The molecule has 0 aliphatic carbocycles. The Balaban J connectivity index is 1.86. The number of amides is 1. The van der Waals surface area contributed by atoms with E-state index < -0.39 is 0 Å². The summed E-state index contributed by atoms with van der Waals surface area (Å²) >= 11 is 0. The highest BCUT2D eigenvalue weighted by Crippen LogP contribution is 2.12. The minimum atomic E-state index is 0.0505. The van der Waals surface area contributed by atoms with Crippen LogP contribution in [0.5, 0.6) is 0 Å². The van der Waals surface area contributed by atoms with E-state index in [2.05, 4.69) is 37.3 Å². The lowest BCUT2D eigenvalue weighted by Gasteiger charge is -2.37. The number of hydrogen-bond acceptors (Lipinski definition) is 4. The number of anilines is 1. The predicted molar refractivity (Wildman–Crippen MR) is 102 cm³/mol. The first-order valence-corrected chi connectivity index (χ1v) is 9.08. The van der Waals surface area contributed by atoms with Crippen molar-refractivity contribution in [1.29, 1.82) is 0 Å². The summed E-state index contributed by atoms with van der Waals surface area (Å²) in [5, 5.41) is 6.23. The van der Waals surface area contributed by atoms with Crippen LogP contribution >= 0.6 is 0 Å². The number of nitrogens with one attached hydrogen (secondary N) is 2. The van der Waals surface area contributed by atoms with Crippen LogP contribution in [0.25, 0.3) is 0 Å². The number of carbonyl (C=O) groups excluding carboxylic acids is 1. The summed E-state index contributed by atoms with van der Waals surface area (Å²) in [6.07, 6.45) is 2.25. The highest BCUT2D eigenvalue weighted by atomic mass is 16.1. The third-order valence-corrected chi connectivity index (χ3v) is 3.94. The van der Waals surface area contributed by atoms with E-state index in [1.165, 1.54) is 0 Å². The molecule has 138 valence electrons. The minimum absolute atomic E-state index is 0.0505. The number of hydrogen-bond donors (Lipinski definition) is 2. The Labute approximate surface area is 150 Å². The lowest BCUT2D eigenvalue weighted by atomic mass is 10.3. The molecule has 0 bridgehead atoms. The van der Waals surface area contributed by atoms with Crippen LogP contribution in [-0.4, -0.2) is 67.1 Å². The molecule has 2 rings (SSSR count). The number of pyridine rings is 1. The Morgan fingerprint density at radius 2 is 2.04 bits per heavy atom. The summed E-state index contributed by atoms with van der Waals surface area (Å²) in [7, 11) is 0. The second-order valence-corrected chi connectivity index (χ2v) is 6.37. The number of piperazine rings is 1. The van der Waals surface area contributed by atoms with Gasteiger partial charge < -0.3 is 20.4 Å². The van der Waals surface area contributed by atoms with Gasteiger partial charge in [0.1, 0.15) is 5.82 Å². The molecule has 1 saturated heterocycles. The fraction of sp³-hybridized carbons (Fsp3) is 0.611. The van der Waals surface area contributed by atoms with Crippen molar-refractivity contribution in [2.75, 3.05) is 44.2 Å². The van der Waals surface area contributed by atoms with Crippen LogP contribution in [-0.2, 0) is 4.79 Å². The van der Waals surface area contributed by atoms with E-state index in [0.29, 0.717) is 13.0 Å². The molecule has 0 saturated carbocycles. The highest BCUT2D eigenvalue weighted by molar-refractivity contribution is 5.81. The summed E-state index contributed by atoms with van der Waals surface area (Å²) in [5.41, 5.74) is 0. The highest BCUT2D eigenvalue weighted by Gasteiger charge is 2.20. The molecule has 25 heavy (non-hydrogen) atoms. The van der Waals surface area contributed by atoms with Gasteiger partial charge in [-0.1, -0.05) is 6.07 Å². The lowest BCUT2D eigenvalue weighted by molar-refractivity contribution is -0.121. The van der Waals surface area contributed by atoms with Crippen molar-refractivity contribution in [3.05, 3.63) is 24.4 Å². The minimum Gasteiger partial charge on any atom is -0.357 e. The lowest BCUT2D eigenvalue weighted by Crippen LogP contribution is -2.52. The Morgan fingerprint density at radius 3 is 2.64 bits per heavy atom. The molecule has 1 aromatic rings. The molecule has 1 aromatic heterocycles. The van der Waals surface area contributed by atoms with Crippen LogP contribution in [0, 0.1) is 0 Å². The molecule has 7 heteroatoms. The molecule has 0 unspecified atom stereocenters. The maximum absolute atomic E-state index is 11.7. The molecule has 0 radical (unpaired) electrons. The number of aliphatic imine (C=N–C) groups is 1. The standard InChI is InChI=1S/C18H30N6O/c1-4-19-18(21-10-8-17(25)22-15(2)3)24-13-11-23(12-14-24)16-7-5-6-9-20-16/h5-7,9,15H,4,8,10-14H2,1-3H3,(H,19,21)(H,22,25). The maximum Gasteiger partial charge on any atom is 0.222 e. The van der Waals surface area contributed by atoms with E-state index >= 15 is 0 Å². The first-order valence-electron chi connectivity index (χ1n) is 9.08. The van der Waals surface area contributed by atoms with Crippen LogP contribution in [0.4, 0.5) is 5.82 Å². The summed E-state index contributed by atoms with van der Waals surface area (Å²) in [4.78, 5) is 25.3. The van der Waals surface area contributed by atoms with Gasteiger partial charge in [-0.3, -0.25) is 9.79 Å². The topological polar surface area (TPSA) is 72.9 Å². The molecule has 2 N–H and O–H groups in total. The molecule has 0 aromatic carbocycles. The Morgan fingerprint density at radius 1 is 1.28 bits per heavy atom. The van der Waals surface area contributed by atoms with Gasteiger partial charge in [-0.2, -0.15) is 0 Å². The van der Waals surface area contributed by atoms with E-state index in [1.807, 2.05) is 38.2 Å². The van der Waals surface area contributed by atoms with Crippen LogP contribution in [0.15, 0.2) is 29.4 Å². The summed E-state index contributed by atoms with van der Waals surface area (Å²) in [6, 6.07) is 6.17. The van der Waals surface area contributed by atoms with Crippen LogP contribution in [0.3, 0.4) is 0 Å². The van der Waals surface area contributed by atoms with Gasteiger partial charge in [-0.25, -0.2) is 4.98 Å². The van der Waals surface area contributed by atoms with Gasteiger partial charge in [-0.15, -0.1) is 0 Å². The SMILES string of the molecule is CCNC(=NCCC(=O)NC(C)C)N1CCN(c2ccccn2)CC1. The second-order valence-electron chi connectivity index (χ2n) is 6.37. The van der Waals surface area contributed by atoms with E-state index in [-0.39, 0.29) is 11.9 Å². The molecule has 1 fully saturated rings. The Bertz CT molecular complexity index is 552. The molecule has 2 heterocycles. The zero-order valence-electron chi connectivity index (χ0n) is 15.5. The van der Waals surface area contributed by atoms with Gasteiger partial charge in [0.05, 0.1) is 6.54 Å². The Kier molecular flexibility index (Phi) is 7.50. The molecular formula is C18H30N6O. The zero-order chi connectivity index (χ0) is 18.1. The number of carbonyl (C=O) groups is 1. The average molecular weight is 346 g/mol. The zero-order valence-corrected chi connectivity index (χ0v) is 15.5. The molecule has 0 atom stereocenters. The van der Waals surface area contributed by atoms with Gasteiger partial charge in [0, 0.05) is 51.4 Å². The molecule has 1 aliphatic heterocycles. The number of guanidine groups is 1. The van der Waals surface area contributed by atoms with Crippen molar-refractivity contribution in [3.63, 3.8) is 0 Å². The molecule has 0 spiro atoms. The average Bonchev–Trinajstić information content (AvgIpc) is 2.61. The Hall–Kier alpha value is -2.31. The predicted octanol–water partition coefficient (Wildman–Crippen LogP) is 1.08. The maximum atomic E-state index is 11.7. The first-order chi connectivity index (χ1) is 12.1. The van der Waals surface area contributed by atoms with Crippen molar-refractivity contribution in [3.8, 4) is 0 Å². The van der Waals surface area contributed by atoms with E-state index in [4.69, 9.17) is 0 Å². The second kappa shape index (κ2) is 9.86. The quantitative estimate of drug-likeness (QED) is 0.596. The van der Waals surface area contributed by atoms with Crippen molar-refractivity contribution >= 4 is 17.7 Å². The van der Waals surface area contributed by atoms with Gasteiger partial charge in [-0.05, 0) is 32.9 Å². The van der Waals surface area contributed by atoms with Gasteiger partial charge >= 0.3 is 0 Å². The third-order valence-electron chi connectivity index (χ3n) is 3.94. The van der Waals surface area contributed by atoms with Gasteiger partial charge in [0.25, 0.3) is 0 Å². The molecule has 7 nitrogen and oxygen atoms in total. The van der Waals surface area contributed by atoms with Crippen molar-refractivity contribution in [2.24, 2.45) is 4.99 Å². The fourth-order valence-corrected chi connectivity index (χ4v) is 2.77. The van der Waals surface area contributed by atoms with Crippen LogP contribution in [0.2, 0.25) is 0 Å². The number of nitrogens with zero attached hydrogens (tertiary/aromatic N) is 4. The molecular weight excluding hydrogens is 316 g/mol. The van der Waals surface area contributed by atoms with Crippen LogP contribution < -0.4 is 15.5 Å². The summed E-state index contributed by atoms with van der Waals surface area (Å²) in [5.74, 6) is 1.96. The molecule has 1 aliphatic rings. The normalized spacial score (nSPS) is 15.4. The van der Waals surface area contributed by atoms with E-state index in [0.717, 1.165) is 44.5 Å². The van der Waals surface area contributed by atoms with Crippen molar-refractivity contribution in [2.45, 2.75) is 33.2 Å².